The molecule has 1 amide bonds. The maximum atomic E-state index is 14.8. The molecule has 0 radical (unpaired) electrons. The quantitative estimate of drug-likeness (QED) is 0.299. The highest BCUT2D eigenvalue weighted by Crippen LogP contribution is 2.49. The van der Waals surface area contributed by atoms with Crippen LogP contribution in [-0.2, 0) is 16.9 Å². The lowest BCUT2D eigenvalue weighted by molar-refractivity contribution is -0.201. The summed E-state index contributed by atoms with van der Waals surface area (Å²) in [5.74, 6) is -0.666. The maximum absolute atomic E-state index is 14.8. The molecule has 0 bridgehead atoms. The first-order valence-corrected chi connectivity index (χ1v) is 12.2. The van der Waals surface area contributed by atoms with Gasteiger partial charge in [0, 0.05) is 25.6 Å². The summed E-state index contributed by atoms with van der Waals surface area (Å²) in [6.07, 6.45) is -7.56. The molecule has 1 aliphatic carbocycles. The largest absolute Gasteiger partial charge is 0.494 e. The van der Waals surface area contributed by atoms with E-state index in [9.17, 15) is 31.1 Å². The topological polar surface area (TPSA) is 111 Å². The average Bonchev–Trinajstić information content (AvgIpc) is 3.30. The summed E-state index contributed by atoms with van der Waals surface area (Å²) in [5.41, 5.74) is -3.11. The molecule has 3 aromatic rings. The van der Waals surface area contributed by atoms with Gasteiger partial charge in [-0.3, -0.25) is 9.48 Å². The van der Waals surface area contributed by atoms with Crippen molar-refractivity contribution in [2.24, 2.45) is 5.92 Å². The van der Waals surface area contributed by atoms with Crippen LogP contribution < -0.4 is 10.1 Å². The molecule has 208 valence electrons. The highest BCUT2D eigenvalue weighted by Gasteiger charge is 2.60. The molecule has 2 aliphatic rings. The Morgan fingerprint density at radius 3 is 2.44 bits per heavy atom. The molecular weight excluding hydrogens is 532 g/mol. The highest BCUT2D eigenvalue weighted by molar-refractivity contribution is 6.27. The lowest BCUT2D eigenvalue weighted by Gasteiger charge is -2.40. The number of carbonyl (C=O) groups excluding carboxylic acids is 1. The molecule has 1 atom stereocenters. The number of nitrogens with one attached hydrogen (secondary N) is 2. The number of halogens is 6. The van der Waals surface area contributed by atoms with E-state index in [1.807, 2.05) is 0 Å². The summed E-state index contributed by atoms with van der Waals surface area (Å²) < 4.78 is 88.3. The third-order valence-electron chi connectivity index (χ3n) is 6.66. The molecule has 2 aromatic heterocycles. The molecule has 2 N–H and O–H groups in total. The van der Waals surface area contributed by atoms with E-state index in [1.54, 1.807) is 16.9 Å². The molecule has 1 aliphatic heterocycles. The number of H-pyrrole nitrogens is 1. The van der Waals surface area contributed by atoms with Gasteiger partial charge in [-0.25, -0.2) is 0 Å². The van der Waals surface area contributed by atoms with Crippen molar-refractivity contribution in [3.05, 3.63) is 53.6 Å². The molecule has 15 heteroatoms. The number of rotatable bonds is 9. The number of alkyl halides is 6. The average molecular weight is 555 g/mol. The van der Waals surface area contributed by atoms with Crippen molar-refractivity contribution in [3.8, 4) is 5.75 Å². The zero-order chi connectivity index (χ0) is 27.8. The second-order valence-corrected chi connectivity index (χ2v) is 9.58. The standard InChI is InChI=1S/C24H23F6N7O2/c25-23(26,27)9-1-11-39-16-6-4-15(5-7-16)22(24(28,29)30)12-17(18-8-10-37(34-18)13-14-2-3-14)19(21(38)31-22)20-32-35-36-33-20/h4-8,10,14H,1-3,9,11-13H2,(H,31,38)(H,32,33,35,36). The second-order valence-electron chi connectivity index (χ2n) is 9.58. The van der Waals surface area contributed by atoms with Gasteiger partial charge in [0.2, 0.25) is 5.82 Å². The lowest BCUT2D eigenvalue weighted by Crippen LogP contribution is -2.58. The second kappa shape index (κ2) is 10.0. The van der Waals surface area contributed by atoms with Gasteiger partial charge in [0.15, 0.2) is 5.54 Å². The molecule has 9 nitrogen and oxygen atoms in total. The van der Waals surface area contributed by atoms with Crippen LogP contribution >= 0.6 is 0 Å². The number of aromatic amines is 1. The van der Waals surface area contributed by atoms with Crippen molar-refractivity contribution in [3.63, 3.8) is 0 Å². The van der Waals surface area contributed by atoms with Gasteiger partial charge in [-0.1, -0.05) is 12.1 Å². The van der Waals surface area contributed by atoms with Crippen LogP contribution in [0.4, 0.5) is 26.3 Å². The number of tetrazole rings is 1. The zero-order valence-corrected chi connectivity index (χ0v) is 20.3. The van der Waals surface area contributed by atoms with E-state index in [0.717, 1.165) is 25.0 Å². The Kier molecular flexibility index (Phi) is 6.84. The molecule has 3 heterocycles. The minimum atomic E-state index is -4.94. The van der Waals surface area contributed by atoms with Crippen LogP contribution in [0.25, 0.3) is 11.1 Å². The predicted octanol–water partition coefficient (Wildman–Crippen LogP) is 4.42. The summed E-state index contributed by atoms with van der Waals surface area (Å²) in [6, 6.07) is 6.27. The molecule has 1 saturated carbocycles. The molecule has 5 rings (SSSR count). The first kappa shape index (κ1) is 26.7. The van der Waals surface area contributed by atoms with Crippen molar-refractivity contribution in [2.45, 2.75) is 56.5 Å². The van der Waals surface area contributed by atoms with Crippen LogP contribution in [0, 0.1) is 5.92 Å². The SMILES string of the molecule is O=C1NC(c2ccc(OCCCC(F)(F)F)cc2)(C(F)(F)F)CC(c2ccn(CC3CC3)n2)=C1c1nn[nH]n1. The Hall–Kier alpha value is -3.91. The van der Waals surface area contributed by atoms with Gasteiger partial charge >= 0.3 is 12.4 Å². The van der Waals surface area contributed by atoms with Crippen molar-refractivity contribution < 1.29 is 35.9 Å². The number of nitrogens with zero attached hydrogens (tertiary/aromatic N) is 5. The van der Waals surface area contributed by atoms with E-state index in [4.69, 9.17) is 4.74 Å². The van der Waals surface area contributed by atoms with Gasteiger partial charge in [-0.2, -0.15) is 36.7 Å². The maximum Gasteiger partial charge on any atom is 0.416 e. The lowest BCUT2D eigenvalue weighted by atomic mass is 9.77. The van der Waals surface area contributed by atoms with Crippen LogP contribution in [0.2, 0.25) is 0 Å². The van der Waals surface area contributed by atoms with Gasteiger partial charge in [-0.05, 0) is 59.7 Å². The summed E-state index contributed by atoms with van der Waals surface area (Å²) >= 11 is 0. The smallest absolute Gasteiger partial charge is 0.416 e. The summed E-state index contributed by atoms with van der Waals surface area (Å²) in [5, 5.41) is 19.8. The van der Waals surface area contributed by atoms with Crippen molar-refractivity contribution >= 4 is 17.1 Å². The Morgan fingerprint density at radius 1 is 1.08 bits per heavy atom. The number of ether oxygens (including phenoxy) is 1. The van der Waals surface area contributed by atoms with E-state index in [0.29, 0.717) is 12.5 Å². The monoisotopic (exact) mass is 555 g/mol. The van der Waals surface area contributed by atoms with E-state index >= 15 is 0 Å². The van der Waals surface area contributed by atoms with Crippen molar-refractivity contribution in [1.29, 1.82) is 0 Å². The van der Waals surface area contributed by atoms with Gasteiger partial charge in [0.1, 0.15) is 5.75 Å². The fourth-order valence-corrected chi connectivity index (χ4v) is 4.51. The number of amides is 1. The van der Waals surface area contributed by atoms with Crippen LogP contribution in [-0.4, -0.2) is 55.3 Å². The number of benzene rings is 1. The number of hydrogen-bond donors (Lipinski definition) is 2. The fourth-order valence-electron chi connectivity index (χ4n) is 4.51. The Morgan fingerprint density at radius 2 is 1.82 bits per heavy atom. The number of hydrogen-bond acceptors (Lipinski definition) is 6. The minimum absolute atomic E-state index is 0.000464. The van der Waals surface area contributed by atoms with Gasteiger partial charge in [-0.15, -0.1) is 10.2 Å². The molecular formula is C24H23F6N7O2. The number of aromatic nitrogens is 6. The van der Waals surface area contributed by atoms with Crippen LogP contribution in [0.5, 0.6) is 5.75 Å². The molecule has 1 fully saturated rings. The third-order valence-corrected chi connectivity index (χ3v) is 6.66. The van der Waals surface area contributed by atoms with E-state index in [1.165, 1.54) is 12.1 Å². The number of carbonyl (C=O) groups is 1. The van der Waals surface area contributed by atoms with Gasteiger partial charge in [0.05, 0.1) is 17.9 Å². The van der Waals surface area contributed by atoms with Crippen LogP contribution in [0.1, 0.15) is 49.2 Å². The van der Waals surface area contributed by atoms with Crippen molar-refractivity contribution in [1.82, 2.24) is 35.7 Å². The Balaban J connectivity index is 1.48. The first-order chi connectivity index (χ1) is 18.5. The first-order valence-electron chi connectivity index (χ1n) is 12.2. The van der Waals surface area contributed by atoms with E-state index in [2.05, 4.69) is 31.0 Å². The summed E-state index contributed by atoms with van der Waals surface area (Å²) in [7, 11) is 0. The highest BCUT2D eigenvalue weighted by atomic mass is 19.4. The molecule has 1 unspecified atom stereocenters. The van der Waals surface area contributed by atoms with Crippen molar-refractivity contribution in [2.75, 3.05) is 6.61 Å². The summed E-state index contributed by atoms with van der Waals surface area (Å²) in [6.45, 7) is 0.357. The Bertz CT molecular complexity index is 1340. The van der Waals surface area contributed by atoms with Crippen LogP contribution in [0.3, 0.4) is 0 Å². The fraction of sp³-hybridized carbons (Fsp3) is 0.458. The molecule has 1 aromatic carbocycles. The van der Waals surface area contributed by atoms with E-state index < -0.39 is 36.6 Å². The predicted molar refractivity (Wildman–Crippen MR) is 124 cm³/mol. The third kappa shape index (κ3) is 5.76. The summed E-state index contributed by atoms with van der Waals surface area (Å²) in [4.78, 5) is 13.3. The van der Waals surface area contributed by atoms with Crippen LogP contribution in [0.15, 0.2) is 36.5 Å². The van der Waals surface area contributed by atoms with Gasteiger partial charge in [0.25, 0.3) is 5.91 Å². The normalized spacial score (nSPS) is 20.3. The van der Waals surface area contributed by atoms with E-state index in [-0.39, 0.29) is 47.0 Å². The molecule has 0 saturated heterocycles. The van der Waals surface area contributed by atoms with Gasteiger partial charge < -0.3 is 10.1 Å². The Labute approximate surface area is 217 Å². The molecule has 0 spiro atoms. The minimum Gasteiger partial charge on any atom is -0.494 e. The zero-order valence-electron chi connectivity index (χ0n) is 20.3. The molecule has 39 heavy (non-hydrogen) atoms.